The minimum atomic E-state index is -1.60. The molecule has 1 aliphatic carbocycles. The molecular formula is C60H66N6O11. The van der Waals surface area contributed by atoms with Crippen molar-refractivity contribution in [3.63, 3.8) is 0 Å². The second-order valence-corrected chi connectivity index (χ2v) is 18.2. The molecule has 6 aromatic carbocycles. The number of rotatable bonds is 27. The summed E-state index contributed by atoms with van der Waals surface area (Å²) in [5.74, 6) is -3.39. The molecule has 77 heavy (non-hydrogen) atoms. The SMILES string of the molecule is CCCCOC(C)[C@@H](NC(=O)COCCOCCNC(=O)OCc1ccccc1)C(=O)NNC(=O)[C@@H](CC(=O)NC(c1ccccc1)(c1ccccc1)c1ccccc1)NC(=O)OCC1c2ccccc2-c2ccccc21. The monoisotopic (exact) mass is 1050 g/mol. The lowest BCUT2D eigenvalue weighted by Gasteiger charge is -2.37. The highest BCUT2D eigenvalue weighted by Gasteiger charge is 2.39. The quantitative estimate of drug-likeness (QED) is 0.0172. The standard InChI is InChI=1S/C60H66N6O11/c1-3-4-34-75-42(2)55(63-54(68)41-74-37-36-73-35-33-61-58(71)76-39-43-21-9-5-10-22-43)57(70)66-65-56(69)52(62-59(72)77-40-51-49-31-19-17-29-47(49)48-30-18-20-32-50(48)51)38-53(67)64-60(44-23-11-6-12-24-44,45-25-13-7-14-26-45)46-27-15-8-16-28-46/h5-32,42,51-52,55H,3-4,33-41H2,1-2H3,(H,61,71)(H,62,72)(H,63,68)(H,64,67)(H,65,69)(H,66,70)/t42?,52-,55-/m1/s1. The summed E-state index contributed by atoms with van der Waals surface area (Å²) in [6.07, 6.45) is -1.54. The van der Waals surface area contributed by atoms with Crippen molar-refractivity contribution in [2.24, 2.45) is 0 Å². The third-order valence-corrected chi connectivity index (χ3v) is 12.9. The van der Waals surface area contributed by atoms with Crippen LogP contribution >= 0.6 is 0 Å². The van der Waals surface area contributed by atoms with Crippen LogP contribution in [0, 0.1) is 0 Å². The fraction of sp³-hybridized carbons (Fsp3) is 0.300. The van der Waals surface area contributed by atoms with Gasteiger partial charge in [0.2, 0.25) is 11.8 Å². The first-order valence-corrected chi connectivity index (χ1v) is 25.8. The van der Waals surface area contributed by atoms with E-state index in [0.717, 1.165) is 50.9 Å². The van der Waals surface area contributed by atoms with Crippen LogP contribution in [0.5, 0.6) is 0 Å². The summed E-state index contributed by atoms with van der Waals surface area (Å²) >= 11 is 0. The van der Waals surface area contributed by atoms with Gasteiger partial charge >= 0.3 is 12.2 Å². The highest BCUT2D eigenvalue weighted by Crippen LogP contribution is 2.44. The summed E-state index contributed by atoms with van der Waals surface area (Å²) in [5, 5.41) is 11.1. The largest absolute Gasteiger partial charge is 0.449 e. The molecule has 0 spiro atoms. The van der Waals surface area contributed by atoms with Crippen LogP contribution in [0.25, 0.3) is 11.1 Å². The molecule has 0 aliphatic heterocycles. The summed E-state index contributed by atoms with van der Waals surface area (Å²) in [4.78, 5) is 82.1. The lowest BCUT2D eigenvalue weighted by molar-refractivity contribution is -0.137. The molecule has 0 bridgehead atoms. The first-order valence-electron chi connectivity index (χ1n) is 25.8. The summed E-state index contributed by atoms with van der Waals surface area (Å²) in [6, 6.07) is 50.3. The zero-order valence-electron chi connectivity index (χ0n) is 43.2. The number of hydrazine groups is 1. The smallest absolute Gasteiger partial charge is 0.407 e. The predicted molar refractivity (Wildman–Crippen MR) is 289 cm³/mol. The highest BCUT2D eigenvalue weighted by molar-refractivity contribution is 5.94. The number of benzene rings is 6. The van der Waals surface area contributed by atoms with E-state index >= 15 is 0 Å². The second-order valence-electron chi connectivity index (χ2n) is 18.2. The molecule has 0 fully saturated rings. The van der Waals surface area contributed by atoms with Crippen molar-refractivity contribution in [1.82, 2.24) is 32.1 Å². The fourth-order valence-electron chi connectivity index (χ4n) is 9.01. The van der Waals surface area contributed by atoms with Crippen molar-refractivity contribution in [3.05, 3.63) is 203 Å². The summed E-state index contributed by atoms with van der Waals surface area (Å²) < 4.78 is 27.9. The molecule has 0 saturated heterocycles. The molecule has 6 aromatic rings. The van der Waals surface area contributed by atoms with E-state index in [4.69, 9.17) is 23.7 Å². The molecule has 1 aliphatic rings. The molecule has 17 heteroatoms. The van der Waals surface area contributed by atoms with Crippen LogP contribution < -0.4 is 32.1 Å². The van der Waals surface area contributed by atoms with E-state index in [1.807, 2.05) is 177 Å². The van der Waals surface area contributed by atoms with E-state index in [0.29, 0.717) is 6.42 Å². The number of nitrogens with one attached hydrogen (secondary N) is 6. The second kappa shape index (κ2) is 29.1. The molecule has 0 aromatic heterocycles. The maximum Gasteiger partial charge on any atom is 0.407 e. The number of hydrogen-bond donors (Lipinski definition) is 6. The van der Waals surface area contributed by atoms with Gasteiger partial charge in [-0.1, -0.05) is 183 Å². The van der Waals surface area contributed by atoms with Gasteiger partial charge in [0, 0.05) is 19.1 Å². The van der Waals surface area contributed by atoms with Gasteiger partial charge in [-0.15, -0.1) is 0 Å². The van der Waals surface area contributed by atoms with Crippen LogP contribution in [0.2, 0.25) is 0 Å². The number of carbonyl (C=O) groups is 6. The van der Waals surface area contributed by atoms with Gasteiger partial charge in [-0.05, 0) is 57.9 Å². The van der Waals surface area contributed by atoms with Crippen molar-refractivity contribution in [1.29, 1.82) is 0 Å². The van der Waals surface area contributed by atoms with Gasteiger partial charge in [0.1, 0.15) is 37.4 Å². The number of ether oxygens (including phenoxy) is 5. The zero-order valence-corrected chi connectivity index (χ0v) is 43.2. The topological polar surface area (TPSA) is 221 Å². The molecule has 6 N–H and O–H groups in total. The normalized spacial score (nSPS) is 12.9. The third-order valence-electron chi connectivity index (χ3n) is 12.9. The third kappa shape index (κ3) is 15.8. The Morgan fingerprint density at radius 3 is 1.68 bits per heavy atom. The average Bonchev–Trinajstić information content (AvgIpc) is 3.79. The van der Waals surface area contributed by atoms with Crippen molar-refractivity contribution < 1.29 is 52.5 Å². The Labute approximate surface area is 448 Å². The number of alkyl carbamates (subject to hydrolysis) is 2. The molecule has 0 heterocycles. The zero-order chi connectivity index (χ0) is 54.2. The van der Waals surface area contributed by atoms with Gasteiger partial charge in [-0.2, -0.15) is 0 Å². The lowest BCUT2D eigenvalue weighted by Crippen LogP contribution is -2.60. The minimum absolute atomic E-state index is 0.0240. The van der Waals surface area contributed by atoms with Gasteiger partial charge in [0.05, 0.1) is 32.3 Å². The van der Waals surface area contributed by atoms with E-state index in [9.17, 15) is 28.8 Å². The first-order chi connectivity index (χ1) is 37.6. The maximum atomic E-state index is 14.7. The molecule has 0 radical (unpaired) electrons. The Hall–Kier alpha value is -8.38. The Morgan fingerprint density at radius 1 is 0.558 bits per heavy atom. The van der Waals surface area contributed by atoms with Crippen molar-refractivity contribution in [2.45, 2.75) is 69.4 Å². The van der Waals surface area contributed by atoms with Gasteiger partial charge < -0.3 is 45.0 Å². The summed E-state index contributed by atoms with van der Waals surface area (Å²) in [6.45, 7) is 3.97. The highest BCUT2D eigenvalue weighted by atomic mass is 16.6. The van der Waals surface area contributed by atoms with Gasteiger partial charge in [-0.25, -0.2) is 9.59 Å². The van der Waals surface area contributed by atoms with E-state index in [1.165, 1.54) is 0 Å². The van der Waals surface area contributed by atoms with E-state index in [-0.39, 0.29) is 52.1 Å². The minimum Gasteiger partial charge on any atom is -0.449 e. The van der Waals surface area contributed by atoms with Gasteiger partial charge in [0.25, 0.3) is 11.8 Å². The Balaban J connectivity index is 1.01. The van der Waals surface area contributed by atoms with Crippen LogP contribution in [0.15, 0.2) is 170 Å². The number of hydrogen-bond acceptors (Lipinski definition) is 11. The van der Waals surface area contributed by atoms with E-state index in [2.05, 4.69) is 32.1 Å². The van der Waals surface area contributed by atoms with Gasteiger partial charge in [-0.3, -0.25) is 30.0 Å². The molecule has 1 unspecified atom stereocenters. The van der Waals surface area contributed by atoms with Crippen molar-refractivity contribution in [2.75, 3.05) is 46.2 Å². The predicted octanol–water partition coefficient (Wildman–Crippen LogP) is 7.19. The van der Waals surface area contributed by atoms with E-state index in [1.54, 1.807) is 6.92 Å². The molecule has 7 rings (SSSR count). The Kier molecular flexibility index (Phi) is 21.3. The van der Waals surface area contributed by atoms with Crippen LogP contribution in [-0.4, -0.2) is 100 Å². The number of carbonyl (C=O) groups excluding carboxylic acids is 6. The average molecular weight is 1050 g/mol. The summed E-state index contributed by atoms with van der Waals surface area (Å²) in [7, 11) is 0. The number of unbranched alkanes of at least 4 members (excludes halogenated alkanes) is 1. The fourth-order valence-corrected chi connectivity index (χ4v) is 9.01. The van der Waals surface area contributed by atoms with Crippen molar-refractivity contribution >= 4 is 35.8 Å². The molecule has 6 amide bonds. The van der Waals surface area contributed by atoms with Crippen LogP contribution in [-0.2, 0) is 55.0 Å². The summed E-state index contributed by atoms with van der Waals surface area (Å²) in [5.41, 5.74) is 10.6. The molecule has 0 saturated carbocycles. The number of amides is 6. The van der Waals surface area contributed by atoms with Crippen LogP contribution in [0.1, 0.15) is 72.4 Å². The Morgan fingerprint density at radius 2 is 1.09 bits per heavy atom. The molecule has 3 atom stereocenters. The molecule has 402 valence electrons. The first kappa shape index (κ1) is 56.3. The van der Waals surface area contributed by atoms with Crippen LogP contribution in [0.4, 0.5) is 9.59 Å². The Bertz CT molecular complexity index is 2720. The van der Waals surface area contributed by atoms with Crippen molar-refractivity contribution in [3.8, 4) is 11.1 Å². The molecule has 17 nitrogen and oxygen atoms in total. The van der Waals surface area contributed by atoms with E-state index < -0.39 is 72.6 Å². The maximum absolute atomic E-state index is 14.7. The van der Waals surface area contributed by atoms with Gasteiger partial charge in [0.15, 0.2) is 0 Å². The molecular weight excluding hydrogens is 981 g/mol. The number of fused-ring (bicyclic) bond motifs is 3. The lowest BCUT2D eigenvalue weighted by atomic mass is 9.77. The van der Waals surface area contributed by atoms with Crippen LogP contribution in [0.3, 0.4) is 0 Å².